The molecule has 1 fully saturated rings. The van der Waals surface area contributed by atoms with Gasteiger partial charge in [-0.25, -0.2) is 4.39 Å². The third-order valence-corrected chi connectivity index (χ3v) is 3.54. The van der Waals surface area contributed by atoms with E-state index in [9.17, 15) is 4.39 Å². The van der Waals surface area contributed by atoms with Crippen molar-refractivity contribution in [3.8, 4) is 17.2 Å². The number of piperidine rings is 1. The molecule has 1 aliphatic heterocycles. The van der Waals surface area contributed by atoms with Crippen LogP contribution < -0.4 is 10.1 Å². The molecule has 0 spiro atoms. The van der Waals surface area contributed by atoms with Gasteiger partial charge in [-0.2, -0.15) is 4.98 Å². The van der Waals surface area contributed by atoms with Crippen molar-refractivity contribution in [3.63, 3.8) is 0 Å². The summed E-state index contributed by atoms with van der Waals surface area (Å²) in [5.41, 5.74) is 0.663. The van der Waals surface area contributed by atoms with Crippen LogP contribution in [0.25, 0.3) is 11.5 Å². The Morgan fingerprint density at radius 2 is 2.15 bits per heavy atom. The van der Waals surface area contributed by atoms with Crippen molar-refractivity contribution in [1.82, 2.24) is 15.5 Å². The standard InChI is InChI=1S/C14H16FN3O2/c1-19-12-8-10(2-3-11(12)15)14-17-13(18-20-14)9-4-6-16-7-5-9/h2-3,8-9,16H,4-7H2,1H3. The minimum Gasteiger partial charge on any atom is -0.494 e. The molecule has 0 radical (unpaired) electrons. The Bertz CT molecular complexity index is 594. The molecule has 1 aromatic heterocycles. The fourth-order valence-electron chi connectivity index (χ4n) is 2.39. The van der Waals surface area contributed by atoms with Gasteiger partial charge in [0.2, 0.25) is 0 Å². The van der Waals surface area contributed by atoms with Crippen molar-refractivity contribution in [2.75, 3.05) is 20.2 Å². The molecule has 1 N–H and O–H groups in total. The summed E-state index contributed by atoms with van der Waals surface area (Å²) < 4.78 is 23.6. The number of nitrogens with one attached hydrogen (secondary N) is 1. The average molecular weight is 277 g/mol. The fraction of sp³-hybridized carbons (Fsp3) is 0.429. The number of hydrogen-bond acceptors (Lipinski definition) is 5. The third-order valence-electron chi connectivity index (χ3n) is 3.54. The molecule has 1 aliphatic rings. The molecular weight excluding hydrogens is 261 g/mol. The van der Waals surface area contributed by atoms with E-state index in [1.54, 1.807) is 12.1 Å². The minimum atomic E-state index is -0.408. The molecule has 2 aromatic rings. The van der Waals surface area contributed by atoms with Crippen LogP contribution in [0.2, 0.25) is 0 Å². The topological polar surface area (TPSA) is 60.2 Å². The number of aromatic nitrogens is 2. The molecule has 106 valence electrons. The molecule has 1 saturated heterocycles. The summed E-state index contributed by atoms with van der Waals surface area (Å²) in [5.74, 6) is 1.22. The van der Waals surface area contributed by atoms with Crippen LogP contribution in [-0.2, 0) is 0 Å². The van der Waals surface area contributed by atoms with E-state index in [2.05, 4.69) is 15.5 Å². The van der Waals surface area contributed by atoms with Gasteiger partial charge in [0.1, 0.15) is 0 Å². The molecule has 0 unspecified atom stereocenters. The second-order valence-corrected chi connectivity index (χ2v) is 4.83. The van der Waals surface area contributed by atoms with Gasteiger partial charge < -0.3 is 14.6 Å². The summed E-state index contributed by atoms with van der Waals surface area (Å²) in [5, 5.41) is 7.35. The zero-order chi connectivity index (χ0) is 13.9. The summed E-state index contributed by atoms with van der Waals surface area (Å²) in [6, 6.07) is 4.51. The molecule has 1 aromatic carbocycles. The van der Waals surface area contributed by atoms with E-state index >= 15 is 0 Å². The molecule has 5 nitrogen and oxygen atoms in total. The van der Waals surface area contributed by atoms with E-state index in [4.69, 9.17) is 9.26 Å². The average Bonchev–Trinajstić information content (AvgIpc) is 2.98. The Labute approximate surface area is 116 Å². The van der Waals surface area contributed by atoms with Gasteiger partial charge in [-0.3, -0.25) is 0 Å². The zero-order valence-electron chi connectivity index (χ0n) is 11.2. The number of benzene rings is 1. The summed E-state index contributed by atoms with van der Waals surface area (Å²) >= 11 is 0. The quantitative estimate of drug-likeness (QED) is 0.933. The predicted molar refractivity (Wildman–Crippen MR) is 71.1 cm³/mol. The largest absolute Gasteiger partial charge is 0.494 e. The monoisotopic (exact) mass is 277 g/mol. The highest BCUT2D eigenvalue weighted by atomic mass is 19.1. The lowest BCUT2D eigenvalue weighted by Crippen LogP contribution is -2.27. The highest BCUT2D eigenvalue weighted by molar-refractivity contribution is 5.56. The van der Waals surface area contributed by atoms with Crippen molar-refractivity contribution >= 4 is 0 Å². The molecule has 2 heterocycles. The number of nitrogens with zero attached hydrogens (tertiary/aromatic N) is 2. The van der Waals surface area contributed by atoms with E-state index in [0.29, 0.717) is 17.4 Å². The molecule has 3 rings (SSSR count). The van der Waals surface area contributed by atoms with Crippen LogP contribution >= 0.6 is 0 Å². The van der Waals surface area contributed by atoms with Crippen LogP contribution in [0.5, 0.6) is 5.75 Å². The van der Waals surface area contributed by atoms with E-state index in [0.717, 1.165) is 31.8 Å². The van der Waals surface area contributed by atoms with Crippen LogP contribution in [0.4, 0.5) is 4.39 Å². The van der Waals surface area contributed by atoms with Crippen LogP contribution in [0.1, 0.15) is 24.6 Å². The number of hydrogen-bond donors (Lipinski definition) is 1. The number of rotatable bonds is 3. The second kappa shape index (κ2) is 5.58. The summed E-state index contributed by atoms with van der Waals surface area (Å²) in [4.78, 5) is 4.43. The Balaban J connectivity index is 1.85. The maximum absolute atomic E-state index is 13.4. The first-order valence-corrected chi connectivity index (χ1v) is 6.66. The smallest absolute Gasteiger partial charge is 0.258 e. The van der Waals surface area contributed by atoms with Crippen molar-refractivity contribution in [1.29, 1.82) is 0 Å². The molecule has 0 amide bonds. The Morgan fingerprint density at radius 3 is 2.90 bits per heavy atom. The first kappa shape index (κ1) is 13.1. The van der Waals surface area contributed by atoms with Crippen LogP contribution in [0.15, 0.2) is 22.7 Å². The highest BCUT2D eigenvalue weighted by Crippen LogP contribution is 2.28. The van der Waals surface area contributed by atoms with Crippen LogP contribution in [-0.4, -0.2) is 30.3 Å². The molecule has 0 aliphatic carbocycles. The maximum atomic E-state index is 13.4. The number of ether oxygens (including phenoxy) is 1. The Morgan fingerprint density at radius 1 is 1.35 bits per heavy atom. The molecule has 20 heavy (non-hydrogen) atoms. The van der Waals surface area contributed by atoms with Gasteiger partial charge in [-0.15, -0.1) is 0 Å². The fourth-order valence-corrected chi connectivity index (χ4v) is 2.39. The molecule has 0 saturated carbocycles. The SMILES string of the molecule is COc1cc(-c2nc(C3CCNCC3)no2)ccc1F. The van der Waals surface area contributed by atoms with E-state index < -0.39 is 5.82 Å². The Kier molecular flexibility index (Phi) is 3.64. The lowest BCUT2D eigenvalue weighted by Gasteiger charge is -2.18. The van der Waals surface area contributed by atoms with E-state index in [1.807, 2.05) is 0 Å². The predicted octanol–water partition coefficient (Wildman–Crippen LogP) is 2.35. The minimum absolute atomic E-state index is 0.170. The van der Waals surface area contributed by atoms with Crippen LogP contribution in [0.3, 0.4) is 0 Å². The van der Waals surface area contributed by atoms with Gasteiger partial charge >= 0.3 is 0 Å². The van der Waals surface area contributed by atoms with Gasteiger partial charge in [0.15, 0.2) is 17.4 Å². The van der Waals surface area contributed by atoms with E-state index in [1.165, 1.54) is 13.2 Å². The molecule has 0 atom stereocenters. The first-order chi connectivity index (χ1) is 9.78. The summed E-state index contributed by atoms with van der Waals surface area (Å²) in [6.45, 7) is 1.94. The lowest BCUT2D eigenvalue weighted by molar-refractivity contribution is 0.384. The molecule has 6 heteroatoms. The maximum Gasteiger partial charge on any atom is 0.258 e. The normalized spacial score (nSPS) is 16.3. The van der Waals surface area contributed by atoms with Gasteiger partial charge in [0, 0.05) is 11.5 Å². The van der Waals surface area contributed by atoms with Gasteiger partial charge in [0.25, 0.3) is 5.89 Å². The van der Waals surface area contributed by atoms with Crippen molar-refractivity contribution < 1.29 is 13.7 Å². The first-order valence-electron chi connectivity index (χ1n) is 6.66. The van der Waals surface area contributed by atoms with Crippen molar-refractivity contribution in [2.45, 2.75) is 18.8 Å². The van der Waals surface area contributed by atoms with Crippen molar-refractivity contribution in [2.24, 2.45) is 0 Å². The van der Waals surface area contributed by atoms with Gasteiger partial charge in [0.05, 0.1) is 7.11 Å². The highest BCUT2D eigenvalue weighted by Gasteiger charge is 2.21. The second-order valence-electron chi connectivity index (χ2n) is 4.83. The van der Waals surface area contributed by atoms with Crippen LogP contribution in [0, 0.1) is 5.82 Å². The molecular formula is C14H16FN3O2. The van der Waals surface area contributed by atoms with Gasteiger partial charge in [-0.1, -0.05) is 5.16 Å². The van der Waals surface area contributed by atoms with Crippen molar-refractivity contribution in [3.05, 3.63) is 29.8 Å². The lowest BCUT2D eigenvalue weighted by atomic mass is 9.98. The number of halogens is 1. The summed E-state index contributed by atoms with van der Waals surface area (Å²) in [7, 11) is 1.43. The summed E-state index contributed by atoms with van der Waals surface area (Å²) in [6.07, 6.45) is 2.01. The third kappa shape index (κ3) is 2.51. The molecule has 0 bridgehead atoms. The number of methoxy groups -OCH3 is 1. The van der Waals surface area contributed by atoms with E-state index in [-0.39, 0.29) is 5.75 Å². The zero-order valence-corrected chi connectivity index (χ0v) is 11.2. The van der Waals surface area contributed by atoms with Gasteiger partial charge in [-0.05, 0) is 44.1 Å². The Hall–Kier alpha value is -1.95.